The maximum atomic E-state index is 10.4. The van der Waals surface area contributed by atoms with Crippen LogP contribution in [-0.2, 0) is 9.47 Å². The molecule has 1 aromatic heterocycles. The number of benzene rings is 1. The van der Waals surface area contributed by atoms with Crippen molar-refractivity contribution in [3.63, 3.8) is 0 Å². The van der Waals surface area contributed by atoms with Crippen LogP contribution < -0.4 is 0 Å². The Morgan fingerprint density at radius 3 is 2.39 bits per heavy atom. The van der Waals surface area contributed by atoms with Gasteiger partial charge in [0.2, 0.25) is 17.1 Å². The normalized spacial score (nSPS) is 35.2. The van der Waals surface area contributed by atoms with Gasteiger partial charge in [0.15, 0.2) is 11.5 Å². The molecule has 0 spiro atoms. The molecule has 31 heavy (non-hydrogen) atoms. The fraction of sp³-hybridized carbons (Fsp3) is 0.417. The molecule has 2 saturated heterocycles. The lowest BCUT2D eigenvalue weighted by atomic mass is 9.50. The number of rotatable bonds is 2. The molecular formula is C24H20N4O3. The monoisotopic (exact) mass is 412 g/mol. The lowest BCUT2D eigenvalue weighted by molar-refractivity contribution is -0.299. The van der Waals surface area contributed by atoms with Crippen LogP contribution in [0.2, 0.25) is 0 Å². The van der Waals surface area contributed by atoms with Crippen LogP contribution in [0.4, 0.5) is 0 Å². The fourth-order valence-electron chi connectivity index (χ4n) is 5.71. The van der Waals surface area contributed by atoms with E-state index in [2.05, 4.69) is 18.2 Å². The molecule has 7 nitrogen and oxygen atoms in total. The topological polar surface area (TPSA) is 127 Å². The molecule has 1 aliphatic carbocycles. The van der Waals surface area contributed by atoms with Crippen LogP contribution in [-0.4, -0.2) is 11.7 Å². The van der Waals surface area contributed by atoms with Gasteiger partial charge in [-0.3, -0.25) is 5.41 Å². The minimum atomic E-state index is -1.98. The van der Waals surface area contributed by atoms with Gasteiger partial charge in [0.25, 0.3) is 0 Å². The van der Waals surface area contributed by atoms with Gasteiger partial charge in [0.1, 0.15) is 11.5 Å². The summed E-state index contributed by atoms with van der Waals surface area (Å²) in [6, 6.07) is 19.7. The van der Waals surface area contributed by atoms with Gasteiger partial charge in [-0.15, -0.1) is 0 Å². The largest absolute Gasteiger partial charge is 0.464 e. The van der Waals surface area contributed by atoms with Gasteiger partial charge in [-0.05, 0) is 43.4 Å². The summed E-state index contributed by atoms with van der Waals surface area (Å²) in [5.74, 6) is -1.21. The van der Waals surface area contributed by atoms with Crippen LogP contribution in [0, 0.1) is 63.1 Å². The molecule has 2 bridgehead atoms. The highest BCUT2D eigenvalue weighted by atomic mass is 16.7. The molecule has 1 N–H and O–H groups in total. The van der Waals surface area contributed by atoms with Gasteiger partial charge in [0, 0.05) is 6.42 Å². The minimum absolute atomic E-state index is 0.114. The molecule has 5 rings (SSSR count). The highest BCUT2D eigenvalue weighted by Crippen LogP contribution is 2.70. The summed E-state index contributed by atoms with van der Waals surface area (Å²) in [5, 5.41) is 39.7. The molecule has 1 aromatic carbocycles. The zero-order chi connectivity index (χ0) is 21.9. The van der Waals surface area contributed by atoms with E-state index < -0.39 is 28.6 Å². The summed E-state index contributed by atoms with van der Waals surface area (Å²) in [5.41, 5.74) is -2.61. The third kappa shape index (κ3) is 2.26. The Kier molecular flexibility index (Phi) is 4.03. The summed E-state index contributed by atoms with van der Waals surface area (Å²) in [6.45, 7) is 1.76. The quantitative estimate of drug-likeness (QED) is 0.774. The first-order valence-corrected chi connectivity index (χ1v) is 10.3. The van der Waals surface area contributed by atoms with Crippen LogP contribution in [0.3, 0.4) is 0 Å². The van der Waals surface area contributed by atoms with Gasteiger partial charge >= 0.3 is 0 Å². The second-order valence-corrected chi connectivity index (χ2v) is 8.58. The standard InChI is InChI=1S/C24H20N4O3/c1-15-7-8-18(29-15)20-22(12-25,13-26)23(14-27)19-11-17(16-5-3-2-4-6-16)9-10-24(19,30-20)31-21(23)28/h2-8,17,19-20,28H,9-11H2,1H3. The Morgan fingerprint density at radius 1 is 1.03 bits per heavy atom. The number of hydrogen-bond donors (Lipinski definition) is 1. The lowest BCUT2D eigenvalue weighted by Gasteiger charge is -2.52. The molecule has 154 valence electrons. The lowest BCUT2D eigenvalue weighted by Crippen LogP contribution is -2.60. The van der Waals surface area contributed by atoms with Gasteiger partial charge < -0.3 is 13.9 Å². The summed E-state index contributed by atoms with van der Waals surface area (Å²) in [7, 11) is 0. The summed E-state index contributed by atoms with van der Waals surface area (Å²) in [6.07, 6.45) is 0.537. The Labute approximate surface area is 179 Å². The molecule has 1 saturated carbocycles. The summed E-state index contributed by atoms with van der Waals surface area (Å²) < 4.78 is 18.1. The Balaban J connectivity index is 1.68. The van der Waals surface area contributed by atoms with Crippen LogP contribution in [0.25, 0.3) is 0 Å². The predicted molar refractivity (Wildman–Crippen MR) is 107 cm³/mol. The number of nitrogens with zero attached hydrogens (tertiary/aromatic N) is 3. The number of ether oxygens (including phenoxy) is 2. The SMILES string of the molecule is Cc1ccc(C2OC34CCC(c5ccccc5)CC3C(C#N)(C(=N)O4)C2(C#N)C#N)o1. The van der Waals surface area contributed by atoms with E-state index in [0.717, 1.165) is 12.0 Å². The third-order valence-electron chi connectivity index (χ3n) is 7.20. The van der Waals surface area contributed by atoms with Gasteiger partial charge in [-0.2, -0.15) is 15.8 Å². The zero-order valence-corrected chi connectivity index (χ0v) is 17.0. The van der Waals surface area contributed by atoms with Crippen molar-refractivity contribution in [1.82, 2.24) is 0 Å². The van der Waals surface area contributed by atoms with Crippen LogP contribution in [0.15, 0.2) is 46.9 Å². The van der Waals surface area contributed by atoms with Crippen molar-refractivity contribution in [1.29, 1.82) is 21.2 Å². The Morgan fingerprint density at radius 2 is 1.77 bits per heavy atom. The van der Waals surface area contributed by atoms with Gasteiger partial charge in [-0.25, -0.2) is 0 Å². The Bertz CT molecular complexity index is 1170. The van der Waals surface area contributed by atoms with Crippen LogP contribution >= 0.6 is 0 Å². The van der Waals surface area contributed by atoms with Crippen molar-refractivity contribution in [2.24, 2.45) is 16.7 Å². The Hall–Kier alpha value is -3.60. The highest BCUT2D eigenvalue weighted by Gasteiger charge is 2.81. The number of hydrogen-bond acceptors (Lipinski definition) is 7. The number of nitriles is 3. The second kappa shape index (κ2) is 6.45. The van der Waals surface area contributed by atoms with Crippen molar-refractivity contribution in [3.05, 3.63) is 59.5 Å². The highest BCUT2D eigenvalue weighted by molar-refractivity contribution is 5.89. The van der Waals surface area contributed by atoms with Crippen LogP contribution in [0.1, 0.15) is 48.4 Å². The smallest absolute Gasteiger partial charge is 0.217 e. The van der Waals surface area contributed by atoms with Gasteiger partial charge in [0.05, 0.1) is 24.1 Å². The van der Waals surface area contributed by atoms with Gasteiger partial charge in [-0.1, -0.05) is 30.3 Å². The predicted octanol–water partition coefficient (Wildman–Crippen LogP) is 4.49. The molecule has 2 aromatic rings. The fourth-order valence-corrected chi connectivity index (χ4v) is 5.71. The van der Waals surface area contributed by atoms with E-state index in [1.54, 1.807) is 19.1 Å². The molecule has 3 fully saturated rings. The van der Waals surface area contributed by atoms with E-state index in [0.29, 0.717) is 24.4 Å². The number of furan rings is 1. The molecule has 5 unspecified atom stereocenters. The maximum absolute atomic E-state index is 10.4. The molecular weight excluding hydrogens is 392 g/mol. The van der Waals surface area contributed by atoms with E-state index in [9.17, 15) is 15.8 Å². The average molecular weight is 412 g/mol. The number of nitrogens with one attached hydrogen (secondary N) is 1. The molecule has 0 amide bonds. The van der Waals surface area contributed by atoms with Crippen molar-refractivity contribution in [2.45, 2.75) is 44.0 Å². The van der Waals surface area contributed by atoms with E-state index in [4.69, 9.17) is 19.3 Å². The van der Waals surface area contributed by atoms with Crippen LogP contribution in [0.5, 0.6) is 0 Å². The average Bonchev–Trinajstić information content (AvgIpc) is 3.31. The zero-order valence-electron chi connectivity index (χ0n) is 17.0. The van der Waals surface area contributed by atoms with Crippen molar-refractivity contribution < 1.29 is 13.9 Å². The molecule has 5 atom stereocenters. The second-order valence-electron chi connectivity index (χ2n) is 8.58. The first kappa shape index (κ1) is 19.4. The van der Waals surface area contributed by atoms with E-state index in [1.165, 1.54) is 0 Å². The van der Waals surface area contributed by atoms with E-state index in [-0.39, 0.29) is 11.8 Å². The van der Waals surface area contributed by atoms with Crippen molar-refractivity contribution >= 4 is 5.90 Å². The maximum Gasteiger partial charge on any atom is 0.217 e. The summed E-state index contributed by atoms with van der Waals surface area (Å²) >= 11 is 0. The summed E-state index contributed by atoms with van der Waals surface area (Å²) in [4.78, 5) is 0. The first-order chi connectivity index (χ1) is 15.0. The van der Waals surface area contributed by atoms with Crippen molar-refractivity contribution in [2.75, 3.05) is 0 Å². The minimum Gasteiger partial charge on any atom is -0.464 e. The van der Waals surface area contributed by atoms with Crippen molar-refractivity contribution in [3.8, 4) is 18.2 Å². The molecule has 7 heteroatoms. The van der Waals surface area contributed by atoms with E-state index in [1.807, 2.05) is 30.3 Å². The van der Waals surface area contributed by atoms with E-state index >= 15 is 0 Å². The third-order valence-corrected chi connectivity index (χ3v) is 7.20. The molecule has 2 aliphatic heterocycles. The number of aryl methyl sites for hydroxylation is 1. The molecule has 3 heterocycles. The molecule has 0 radical (unpaired) electrons. The molecule has 3 aliphatic rings. The first-order valence-electron chi connectivity index (χ1n) is 10.3.